The fourth-order valence-electron chi connectivity index (χ4n) is 4.50. The van der Waals surface area contributed by atoms with Crippen molar-refractivity contribution in [3.8, 4) is 0 Å². The number of nitrogens with zero attached hydrogens (tertiary/aromatic N) is 2. The molecule has 2 aliphatic heterocycles. The van der Waals surface area contributed by atoms with Crippen LogP contribution < -0.4 is 5.32 Å². The zero-order chi connectivity index (χ0) is 18.3. The van der Waals surface area contributed by atoms with Crippen LogP contribution in [-0.2, 0) is 4.79 Å². The molecular formula is C21H29N3O2. The van der Waals surface area contributed by atoms with Gasteiger partial charge < -0.3 is 15.1 Å². The van der Waals surface area contributed by atoms with E-state index < -0.39 is 0 Å². The van der Waals surface area contributed by atoms with E-state index in [2.05, 4.69) is 23.2 Å². The molecule has 2 saturated heterocycles. The zero-order valence-electron chi connectivity index (χ0n) is 15.9. The SMILES string of the molecule is Cc1ccc(NC(=O)N2CCC3(CCC(=O)N(C4CC4)C3)CC2)c(C)c1. The first kappa shape index (κ1) is 17.4. The lowest BCUT2D eigenvalue weighted by molar-refractivity contribution is -0.139. The van der Waals surface area contributed by atoms with Crippen molar-refractivity contribution in [3.05, 3.63) is 29.3 Å². The number of hydrogen-bond acceptors (Lipinski definition) is 2. The molecule has 5 heteroatoms. The predicted molar refractivity (Wildman–Crippen MR) is 102 cm³/mol. The van der Waals surface area contributed by atoms with Crippen LogP contribution in [0.3, 0.4) is 0 Å². The second-order valence-corrected chi connectivity index (χ2v) is 8.49. The molecular weight excluding hydrogens is 326 g/mol. The van der Waals surface area contributed by atoms with E-state index >= 15 is 0 Å². The van der Waals surface area contributed by atoms with Gasteiger partial charge in [-0.25, -0.2) is 4.79 Å². The number of carbonyl (C=O) groups excluding carboxylic acids is 2. The molecule has 1 spiro atoms. The normalized spacial score (nSPS) is 22.6. The highest BCUT2D eigenvalue weighted by molar-refractivity contribution is 5.90. The van der Waals surface area contributed by atoms with Crippen LogP contribution in [0.15, 0.2) is 18.2 Å². The summed E-state index contributed by atoms with van der Waals surface area (Å²) in [5.41, 5.74) is 3.42. The lowest BCUT2D eigenvalue weighted by Gasteiger charge is -2.47. The number of piperidine rings is 2. The number of hydrogen-bond donors (Lipinski definition) is 1. The molecule has 0 bridgehead atoms. The fraction of sp³-hybridized carbons (Fsp3) is 0.619. The van der Waals surface area contributed by atoms with E-state index in [1.54, 1.807) is 0 Å². The molecule has 0 aromatic heterocycles. The third-order valence-electron chi connectivity index (χ3n) is 6.42. The number of carbonyl (C=O) groups is 2. The Labute approximate surface area is 155 Å². The first-order chi connectivity index (χ1) is 12.5. The van der Waals surface area contributed by atoms with Gasteiger partial charge >= 0.3 is 6.03 Å². The van der Waals surface area contributed by atoms with Gasteiger partial charge in [-0.3, -0.25) is 4.79 Å². The van der Waals surface area contributed by atoms with E-state index in [1.807, 2.05) is 24.0 Å². The van der Waals surface area contributed by atoms with Gasteiger partial charge in [-0.05, 0) is 63.0 Å². The standard InChI is InChI=1S/C21H29N3O2/c1-15-3-6-18(16(2)13-15)22-20(26)23-11-9-21(10-12-23)8-7-19(25)24(14-21)17-4-5-17/h3,6,13,17H,4-5,7-12,14H2,1-2H3,(H,22,26). The van der Waals surface area contributed by atoms with Crippen LogP contribution in [-0.4, -0.2) is 47.4 Å². The van der Waals surface area contributed by atoms with Crippen LogP contribution in [0, 0.1) is 19.3 Å². The molecule has 0 radical (unpaired) electrons. The Morgan fingerprint density at radius 3 is 2.54 bits per heavy atom. The van der Waals surface area contributed by atoms with Crippen molar-refractivity contribution >= 4 is 17.6 Å². The summed E-state index contributed by atoms with van der Waals surface area (Å²) >= 11 is 0. The monoisotopic (exact) mass is 355 g/mol. The Kier molecular flexibility index (Phi) is 4.41. The van der Waals surface area contributed by atoms with Gasteiger partial charge in [0.25, 0.3) is 0 Å². The van der Waals surface area contributed by atoms with E-state index in [-0.39, 0.29) is 11.4 Å². The summed E-state index contributed by atoms with van der Waals surface area (Å²) in [5.74, 6) is 0.341. The Morgan fingerprint density at radius 1 is 1.15 bits per heavy atom. The smallest absolute Gasteiger partial charge is 0.321 e. The van der Waals surface area contributed by atoms with Crippen LogP contribution in [0.5, 0.6) is 0 Å². The first-order valence-electron chi connectivity index (χ1n) is 9.88. The number of anilines is 1. The molecule has 0 atom stereocenters. The van der Waals surface area contributed by atoms with Crippen molar-refractivity contribution in [1.29, 1.82) is 0 Å². The van der Waals surface area contributed by atoms with Crippen molar-refractivity contribution in [2.75, 3.05) is 25.0 Å². The minimum Gasteiger partial charge on any atom is -0.339 e. The van der Waals surface area contributed by atoms with Crippen LogP contribution in [0.2, 0.25) is 0 Å². The van der Waals surface area contributed by atoms with E-state index in [4.69, 9.17) is 0 Å². The molecule has 26 heavy (non-hydrogen) atoms. The van der Waals surface area contributed by atoms with Crippen LogP contribution in [0.25, 0.3) is 0 Å². The third-order valence-corrected chi connectivity index (χ3v) is 6.42. The van der Waals surface area contributed by atoms with Gasteiger partial charge in [0.05, 0.1) is 0 Å². The second-order valence-electron chi connectivity index (χ2n) is 8.49. The largest absolute Gasteiger partial charge is 0.339 e. The maximum Gasteiger partial charge on any atom is 0.321 e. The van der Waals surface area contributed by atoms with Crippen molar-refractivity contribution < 1.29 is 9.59 Å². The summed E-state index contributed by atoms with van der Waals surface area (Å²) in [4.78, 5) is 28.9. The molecule has 1 aromatic carbocycles. The number of amides is 3. The molecule has 1 aliphatic carbocycles. The molecule has 2 heterocycles. The zero-order valence-corrected chi connectivity index (χ0v) is 15.9. The van der Waals surface area contributed by atoms with E-state index in [0.717, 1.165) is 50.1 Å². The highest BCUT2D eigenvalue weighted by atomic mass is 16.2. The van der Waals surface area contributed by atoms with Crippen molar-refractivity contribution in [2.45, 2.75) is 58.4 Å². The second kappa shape index (κ2) is 6.60. The number of likely N-dealkylation sites (tertiary alicyclic amines) is 2. The van der Waals surface area contributed by atoms with Gasteiger partial charge in [0.2, 0.25) is 5.91 Å². The minimum absolute atomic E-state index is 0.00209. The summed E-state index contributed by atoms with van der Waals surface area (Å²) in [6, 6.07) is 6.60. The number of urea groups is 1. The maximum atomic E-state index is 12.7. The molecule has 5 nitrogen and oxygen atoms in total. The predicted octanol–water partition coefficient (Wildman–Crippen LogP) is 3.70. The molecule has 3 fully saturated rings. The molecule has 1 N–H and O–H groups in total. The lowest BCUT2D eigenvalue weighted by Crippen LogP contribution is -2.53. The Bertz CT molecular complexity index is 718. The molecule has 0 unspecified atom stereocenters. The lowest BCUT2D eigenvalue weighted by atomic mass is 9.72. The van der Waals surface area contributed by atoms with Crippen molar-refractivity contribution in [2.24, 2.45) is 5.41 Å². The van der Waals surface area contributed by atoms with Crippen LogP contribution in [0.4, 0.5) is 10.5 Å². The summed E-state index contributed by atoms with van der Waals surface area (Å²) in [6.07, 6.45) is 6.03. The van der Waals surface area contributed by atoms with Gasteiger partial charge in [-0.2, -0.15) is 0 Å². The summed E-state index contributed by atoms with van der Waals surface area (Å²) in [5, 5.41) is 3.07. The first-order valence-corrected chi connectivity index (χ1v) is 9.88. The van der Waals surface area contributed by atoms with E-state index in [0.29, 0.717) is 18.4 Å². The van der Waals surface area contributed by atoms with Gasteiger partial charge in [-0.1, -0.05) is 17.7 Å². The maximum absolute atomic E-state index is 12.7. The Morgan fingerprint density at radius 2 is 1.88 bits per heavy atom. The number of nitrogens with one attached hydrogen (secondary N) is 1. The average molecular weight is 355 g/mol. The highest BCUT2D eigenvalue weighted by Crippen LogP contribution is 2.43. The van der Waals surface area contributed by atoms with Gasteiger partial charge in [0, 0.05) is 37.8 Å². The van der Waals surface area contributed by atoms with Gasteiger partial charge in [0.1, 0.15) is 0 Å². The highest BCUT2D eigenvalue weighted by Gasteiger charge is 2.45. The van der Waals surface area contributed by atoms with E-state index in [1.165, 1.54) is 18.4 Å². The minimum atomic E-state index is -0.00209. The number of aryl methyl sites for hydroxylation is 2. The number of rotatable bonds is 2. The molecule has 3 aliphatic rings. The average Bonchev–Trinajstić information content (AvgIpc) is 3.45. The Balaban J connectivity index is 1.35. The summed E-state index contributed by atoms with van der Waals surface area (Å²) < 4.78 is 0. The third kappa shape index (κ3) is 3.44. The fourth-order valence-corrected chi connectivity index (χ4v) is 4.50. The molecule has 1 saturated carbocycles. The van der Waals surface area contributed by atoms with Gasteiger partial charge in [-0.15, -0.1) is 0 Å². The molecule has 4 rings (SSSR count). The molecule has 3 amide bonds. The quantitative estimate of drug-likeness (QED) is 0.879. The van der Waals surface area contributed by atoms with Crippen LogP contribution in [0.1, 0.15) is 49.7 Å². The van der Waals surface area contributed by atoms with Crippen molar-refractivity contribution in [1.82, 2.24) is 9.80 Å². The Hall–Kier alpha value is -2.04. The molecule has 1 aromatic rings. The number of benzene rings is 1. The molecule has 140 valence electrons. The summed E-state index contributed by atoms with van der Waals surface area (Å²) in [6.45, 7) is 6.55. The summed E-state index contributed by atoms with van der Waals surface area (Å²) in [7, 11) is 0. The van der Waals surface area contributed by atoms with Gasteiger partial charge in [0.15, 0.2) is 0 Å². The van der Waals surface area contributed by atoms with Crippen LogP contribution >= 0.6 is 0 Å². The topological polar surface area (TPSA) is 52.7 Å². The van der Waals surface area contributed by atoms with E-state index in [9.17, 15) is 9.59 Å². The van der Waals surface area contributed by atoms with Crippen molar-refractivity contribution in [3.63, 3.8) is 0 Å².